The minimum absolute atomic E-state index is 0.140. The van der Waals surface area contributed by atoms with Crippen molar-refractivity contribution in [2.24, 2.45) is 11.7 Å². The molecule has 0 aromatic heterocycles. The predicted octanol–water partition coefficient (Wildman–Crippen LogP) is 1.32. The van der Waals surface area contributed by atoms with E-state index in [2.05, 4.69) is 13.8 Å². The largest absolute Gasteiger partial charge is 0.338 e. The van der Waals surface area contributed by atoms with Gasteiger partial charge in [-0.25, -0.2) is 0 Å². The van der Waals surface area contributed by atoms with Gasteiger partial charge in [0.15, 0.2) is 0 Å². The summed E-state index contributed by atoms with van der Waals surface area (Å²) in [7, 11) is 0. The van der Waals surface area contributed by atoms with Crippen LogP contribution in [0.3, 0.4) is 0 Å². The van der Waals surface area contributed by atoms with Crippen molar-refractivity contribution in [2.45, 2.75) is 38.8 Å². The third-order valence-electron chi connectivity index (χ3n) is 3.02. The molecule has 1 aliphatic heterocycles. The highest BCUT2D eigenvalue weighted by molar-refractivity contribution is 7.98. The van der Waals surface area contributed by atoms with E-state index >= 15 is 0 Å². The van der Waals surface area contributed by atoms with E-state index in [0.29, 0.717) is 12.0 Å². The van der Waals surface area contributed by atoms with E-state index in [1.165, 1.54) is 0 Å². The molecule has 0 spiro atoms. The summed E-state index contributed by atoms with van der Waals surface area (Å²) < 4.78 is 0. The summed E-state index contributed by atoms with van der Waals surface area (Å²) in [5.41, 5.74) is 5.89. The molecule has 0 aliphatic carbocycles. The average Bonchev–Trinajstić information content (AvgIpc) is 2.53. The van der Waals surface area contributed by atoms with Gasteiger partial charge in [-0.3, -0.25) is 4.79 Å². The van der Waals surface area contributed by atoms with E-state index in [1.54, 1.807) is 11.8 Å². The maximum Gasteiger partial charge on any atom is 0.239 e. The van der Waals surface area contributed by atoms with Crippen molar-refractivity contribution in [3.63, 3.8) is 0 Å². The first-order valence-corrected chi connectivity index (χ1v) is 7.00. The van der Waals surface area contributed by atoms with E-state index in [0.717, 1.165) is 25.1 Å². The van der Waals surface area contributed by atoms with Gasteiger partial charge in [-0.05, 0) is 37.7 Å². The SMILES string of the molecule is CSCC[C@H](N)C(=O)N1CC(C)CC1C. The van der Waals surface area contributed by atoms with Gasteiger partial charge in [0, 0.05) is 12.6 Å². The van der Waals surface area contributed by atoms with Crippen LogP contribution in [0.5, 0.6) is 0 Å². The number of thioether (sulfide) groups is 1. The fraction of sp³-hybridized carbons (Fsp3) is 0.909. The third-order valence-corrected chi connectivity index (χ3v) is 3.66. The Labute approximate surface area is 96.8 Å². The fourth-order valence-electron chi connectivity index (χ4n) is 2.19. The lowest BCUT2D eigenvalue weighted by atomic mass is 10.1. The highest BCUT2D eigenvalue weighted by Crippen LogP contribution is 2.23. The Kier molecular flexibility index (Phi) is 4.93. The maximum absolute atomic E-state index is 12.0. The van der Waals surface area contributed by atoms with Gasteiger partial charge in [-0.15, -0.1) is 0 Å². The monoisotopic (exact) mass is 230 g/mol. The minimum atomic E-state index is -0.301. The van der Waals surface area contributed by atoms with Gasteiger partial charge in [0.2, 0.25) is 5.91 Å². The minimum Gasteiger partial charge on any atom is -0.338 e. The van der Waals surface area contributed by atoms with E-state index in [-0.39, 0.29) is 11.9 Å². The fourth-order valence-corrected chi connectivity index (χ4v) is 2.68. The number of likely N-dealkylation sites (tertiary alicyclic amines) is 1. The summed E-state index contributed by atoms with van der Waals surface area (Å²) in [5.74, 6) is 1.72. The second kappa shape index (κ2) is 5.75. The van der Waals surface area contributed by atoms with E-state index in [1.807, 2.05) is 11.2 Å². The molecule has 2 N–H and O–H groups in total. The Morgan fingerprint density at radius 3 is 2.73 bits per heavy atom. The molecule has 2 unspecified atom stereocenters. The summed E-state index contributed by atoms with van der Waals surface area (Å²) >= 11 is 1.74. The van der Waals surface area contributed by atoms with Crippen LogP contribution < -0.4 is 5.73 Å². The highest BCUT2D eigenvalue weighted by Gasteiger charge is 2.32. The number of nitrogens with zero attached hydrogens (tertiary/aromatic N) is 1. The molecular weight excluding hydrogens is 208 g/mol. The quantitative estimate of drug-likeness (QED) is 0.792. The number of hydrogen-bond acceptors (Lipinski definition) is 3. The number of carbonyl (C=O) groups is 1. The smallest absolute Gasteiger partial charge is 0.239 e. The third kappa shape index (κ3) is 3.38. The lowest BCUT2D eigenvalue weighted by molar-refractivity contribution is -0.133. The maximum atomic E-state index is 12.0. The van der Waals surface area contributed by atoms with Crippen molar-refractivity contribution < 1.29 is 4.79 Å². The number of hydrogen-bond donors (Lipinski definition) is 1. The van der Waals surface area contributed by atoms with Crippen molar-refractivity contribution in [3.05, 3.63) is 0 Å². The molecule has 1 aliphatic rings. The topological polar surface area (TPSA) is 46.3 Å². The molecule has 0 bridgehead atoms. The molecule has 1 saturated heterocycles. The number of nitrogens with two attached hydrogens (primary N) is 1. The van der Waals surface area contributed by atoms with Gasteiger partial charge in [-0.1, -0.05) is 6.92 Å². The Bertz CT molecular complexity index is 223. The molecule has 0 saturated carbocycles. The first-order chi connectivity index (χ1) is 7.06. The molecule has 88 valence electrons. The van der Waals surface area contributed by atoms with Gasteiger partial charge >= 0.3 is 0 Å². The van der Waals surface area contributed by atoms with Crippen molar-refractivity contribution in [3.8, 4) is 0 Å². The molecular formula is C11H22N2OS. The summed E-state index contributed by atoms with van der Waals surface area (Å²) in [6.07, 6.45) is 3.94. The molecule has 0 aromatic carbocycles. The van der Waals surface area contributed by atoms with Gasteiger partial charge in [-0.2, -0.15) is 11.8 Å². The number of carbonyl (C=O) groups excluding carboxylic acids is 1. The Hall–Kier alpha value is -0.220. The van der Waals surface area contributed by atoms with E-state index in [4.69, 9.17) is 5.73 Å². The van der Waals surface area contributed by atoms with Crippen LogP contribution in [0.4, 0.5) is 0 Å². The Balaban J connectivity index is 2.45. The van der Waals surface area contributed by atoms with Crippen molar-refractivity contribution >= 4 is 17.7 Å². The van der Waals surface area contributed by atoms with Gasteiger partial charge in [0.1, 0.15) is 0 Å². The van der Waals surface area contributed by atoms with Crippen LogP contribution in [-0.4, -0.2) is 41.4 Å². The Morgan fingerprint density at radius 1 is 1.60 bits per heavy atom. The first-order valence-electron chi connectivity index (χ1n) is 5.61. The molecule has 1 amide bonds. The second-order valence-electron chi connectivity index (χ2n) is 4.57. The number of amides is 1. The summed E-state index contributed by atoms with van der Waals surface area (Å²) in [6.45, 7) is 5.19. The molecule has 0 radical (unpaired) electrons. The normalized spacial score (nSPS) is 28.1. The van der Waals surface area contributed by atoms with Crippen LogP contribution >= 0.6 is 11.8 Å². The zero-order valence-electron chi connectivity index (χ0n) is 9.90. The molecule has 15 heavy (non-hydrogen) atoms. The van der Waals surface area contributed by atoms with Crippen LogP contribution in [0.15, 0.2) is 0 Å². The summed E-state index contributed by atoms with van der Waals surface area (Å²) in [4.78, 5) is 14.0. The Morgan fingerprint density at radius 2 is 2.27 bits per heavy atom. The predicted molar refractivity (Wildman–Crippen MR) is 65.9 cm³/mol. The number of rotatable bonds is 4. The average molecular weight is 230 g/mol. The van der Waals surface area contributed by atoms with Gasteiger partial charge < -0.3 is 10.6 Å². The van der Waals surface area contributed by atoms with Crippen LogP contribution in [0, 0.1) is 5.92 Å². The molecule has 3 nitrogen and oxygen atoms in total. The van der Waals surface area contributed by atoms with Crippen molar-refractivity contribution in [1.29, 1.82) is 0 Å². The van der Waals surface area contributed by atoms with Crippen LogP contribution in [0.25, 0.3) is 0 Å². The zero-order chi connectivity index (χ0) is 11.4. The van der Waals surface area contributed by atoms with Gasteiger partial charge in [0.05, 0.1) is 6.04 Å². The summed E-state index contributed by atoms with van der Waals surface area (Å²) in [6, 6.07) is 0.0676. The van der Waals surface area contributed by atoms with Crippen LogP contribution in [0.1, 0.15) is 26.7 Å². The van der Waals surface area contributed by atoms with Crippen LogP contribution in [-0.2, 0) is 4.79 Å². The summed E-state index contributed by atoms with van der Waals surface area (Å²) in [5, 5.41) is 0. The molecule has 1 heterocycles. The van der Waals surface area contributed by atoms with Gasteiger partial charge in [0.25, 0.3) is 0 Å². The molecule has 4 heteroatoms. The molecule has 3 atom stereocenters. The first kappa shape index (κ1) is 12.8. The van der Waals surface area contributed by atoms with Crippen LogP contribution in [0.2, 0.25) is 0 Å². The van der Waals surface area contributed by atoms with Crippen molar-refractivity contribution in [2.75, 3.05) is 18.6 Å². The van der Waals surface area contributed by atoms with Crippen molar-refractivity contribution in [1.82, 2.24) is 4.90 Å². The highest BCUT2D eigenvalue weighted by atomic mass is 32.2. The second-order valence-corrected chi connectivity index (χ2v) is 5.55. The van der Waals surface area contributed by atoms with E-state index in [9.17, 15) is 4.79 Å². The lowest BCUT2D eigenvalue weighted by Crippen LogP contribution is -2.45. The molecule has 0 aromatic rings. The zero-order valence-corrected chi connectivity index (χ0v) is 10.7. The molecule has 1 fully saturated rings. The molecule has 1 rings (SSSR count). The van der Waals surface area contributed by atoms with E-state index < -0.39 is 0 Å². The standard InChI is InChI=1S/C11H22N2OS/c1-8-6-9(2)13(7-8)11(14)10(12)4-5-15-3/h8-10H,4-7,12H2,1-3H3/t8?,9?,10-/m0/s1. The lowest BCUT2D eigenvalue weighted by Gasteiger charge is -2.24.